The van der Waals surface area contributed by atoms with E-state index in [1.54, 1.807) is 17.2 Å². The zero-order valence-electron chi connectivity index (χ0n) is 12.5. The molecule has 1 aromatic heterocycles. The summed E-state index contributed by atoms with van der Waals surface area (Å²) in [7, 11) is 0. The highest BCUT2D eigenvalue weighted by atomic mass is 16.6. The van der Waals surface area contributed by atoms with Gasteiger partial charge in [-0.2, -0.15) is 0 Å². The number of nitrogens with zero attached hydrogens (tertiary/aromatic N) is 2. The van der Waals surface area contributed by atoms with E-state index in [0.29, 0.717) is 6.54 Å². The average Bonchev–Trinajstić information content (AvgIpc) is 2.86. The summed E-state index contributed by atoms with van der Waals surface area (Å²) < 4.78 is 5.40. The fourth-order valence-electron chi connectivity index (χ4n) is 2.41. The number of carbonyl (C=O) groups is 2. The third kappa shape index (κ3) is 3.71. The lowest BCUT2D eigenvalue weighted by Gasteiger charge is -2.28. The van der Waals surface area contributed by atoms with Gasteiger partial charge in [0.25, 0.3) is 0 Å². The number of hydrogen-bond donors (Lipinski definition) is 1. The van der Waals surface area contributed by atoms with Gasteiger partial charge in [0.1, 0.15) is 5.60 Å². The Morgan fingerprint density at radius 2 is 2.10 bits per heavy atom. The van der Waals surface area contributed by atoms with E-state index in [2.05, 4.69) is 4.98 Å². The highest BCUT2D eigenvalue weighted by Gasteiger charge is 2.33. The minimum Gasteiger partial charge on any atom is -0.478 e. The first-order chi connectivity index (χ1) is 9.78. The molecule has 2 rings (SSSR count). The van der Waals surface area contributed by atoms with Crippen molar-refractivity contribution in [3.05, 3.63) is 29.6 Å². The Balaban J connectivity index is 2.20. The van der Waals surface area contributed by atoms with E-state index in [9.17, 15) is 9.59 Å². The van der Waals surface area contributed by atoms with Crippen molar-refractivity contribution < 1.29 is 19.4 Å². The zero-order chi connectivity index (χ0) is 15.6. The van der Waals surface area contributed by atoms with E-state index in [1.807, 2.05) is 20.8 Å². The molecule has 0 unspecified atom stereocenters. The van der Waals surface area contributed by atoms with E-state index in [1.165, 1.54) is 6.20 Å². The van der Waals surface area contributed by atoms with Crippen LogP contribution in [0.3, 0.4) is 0 Å². The molecule has 0 saturated carbocycles. The molecule has 6 heteroatoms. The second-order valence-electron chi connectivity index (χ2n) is 6.14. The normalized spacial score (nSPS) is 18.6. The highest BCUT2D eigenvalue weighted by Crippen LogP contribution is 2.33. The number of carboxylic acids is 1. The first-order valence-corrected chi connectivity index (χ1v) is 6.96. The van der Waals surface area contributed by atoms with Crippen LogP contribution in [-0.2, 0) is 4.74 Å². The summed E-state index contributed by atoms with van der Waals surface area (Å²) in [6.07, 6.45) is 4.19. The number of likely N-dealkylation sites (tertiary alicyclic amines) is 1. The Bertz CT molecular complexity index is 551. The summed E-state index contributed by atoms with van der Waals surface area (Å²) in [6.45, 7) is 6.07. The number of aromatic carboxylic acids is 1. The summed E-state index contributed by atoms with van der Waals surface area (Å²) >= 11 is 0. The monoisotopic (exact) mass is 292 g/mol. The fraction of sp³-hybridized carbons (Fsp3) is 0.533. The van der Waals surface area contributed by atoms with Crippen molar-refractivity contribution in [1.29, 1.82) is 0 Å². The topological polar surface area (TPSA) is 79.7 Å². The largest absolute Gasteiger partial charge is 0.478 e. The van der Waals surface area contributed by atoms with Gasteiger partial charge in [-0.1, -0.05) is 0 Å². The number of pyridine rings is 1. The molecule has 0 radical (unpaired) electrons. The molecule has 1 aliphatic rings. The van der Waals surface area contributed by atoms with Gasteiger partial charge in [0.15, 0.2) is 0 Å². The van der Waals surface area contributed by atoms with Crippen LogP contribution in [0, 0.1) is 0 Å². The van der Waals surface area contributed by atoms with Gasteiger partial charge in [0.2, 0.25) is 0 Å². The Hall–Kier alpha value is -2.11. The molecule has 6 nitrogen and oxygen atoms in total. The van der Waals surface area contributed by atoms with Crippen LogP contribution >= 0.6 is 0 Å². The van der Waals surface area contributed by atoms with E-state index in [0.717, 1.165) is 18.4 Å². The van der Waals surface area contributed by atoms with Gasteiger partial charge in [-0.3, -0.25) is 4.98 Å². The van der Waals surface area contributed by atoms with Crippen LogP contribution in [-0.4, -0.2) is 39.2 Å². The summed E-state index contributed by atoms with van der Waals surface area (Å²) in [5.74, 6) is -1.02. The molecule has 1 N–H and O–H groups in total. The third-order valence-corrected chi connectivity index (χ3v) is 3.27. The predicted molar refractivity (Wildman–Crippen MR) is 76.1 cm³/mol. The van der Waals surface area contributed by atoms with E-state index in [-0.39, 0.29) is 17.7 Å². The number of ether oxygens (including phenoxy) is 1. The third-order valence-electron chi connectivity index (χ3n) is 3.27. The molecular formula is C15H20N2O4. The van der Waals surface area contributed by atoms with Crippen molar-refractivity contribution in [3.8, 4) is 0 Å². The van der Waals surface area contributed by atoms with Crippen LogP contribution in [0.5, 0.6) is 0 Å². The van der Waals surface area contributed by atoms with Gasteiger partial charge < -0.3 is 14.7 Å². The van der Waals surface area contributed by atoms with E-state index in [4.69, 9.17) is 9.84 Å². The Morgan fingerprint density at radius 3 is 2.71 bits per heavy atom. The number of carboxylic acid groups (broad SMARTS) is 1. The van der Waals surface area contributed by atoms with Gasteiger partial charge in [-0.05, 0) is 45.2 Å². The van der Waals surface area contributed by atoms with Crippen molar-refractivity contribution in [2.24, 2.45) is 0 Å². The van der Waals surface area contributed by atoms with Gasteiger partial charge >= 0.3 is 12.1 Å². The molecule has 21 heavy (non-hydrogen) atoms. The molecule has 0 spiro atoms. The van der Waals surface area contributed by atoms with Crippen LogP contribution in [0.15, 0.2) is 18.5 Å². The number of hydrogen-bond acceptors (Lipinski definition) is 4. The van der Waals surface area contributed by atoms with E-state index < -0.39 is 11.6 Å². The molecule has 114 valence electrons. The van der Waals surface area contributed by atoms with Crippen molar-refractivity contribution >= 4 is 12.1 Å². The lowest BCUT2D eigenvalue weighted by molar-refractivity contribution is 0.0224. The molecule has 0 aromatic carbocycles. The zero-order valence-corrected chi connectivity index (χ0v) is 12.5. The minimum atomic E-state index is -1.02. The minimum absolute atomic E-state index is 0.128. The maximum absolute atomic E-state index is 12.2. The fourth-order valence-corrected chi connectivity index (χ4v) is 2.41. The number of amides is 1. The lowest BCUT2D eigenvalue weighted by atomic mass is 10.1. The van der Waals surface area contributed by atoms with Gasteiger partial charge in [0.05, 0.1) is 11.6 Å². The summed E-state index contributed by atoms with van der Waals surface area (Å²) in [6, 6.07) is 1.40. The molecule has 1 aliphatic heterocycles. The van der Waals surface area contributed by atoms with Crippen molar-refractivity contribution in [2.75, 3.05) is 6.54 Å². The standard InChI is InChI=1S/C15H20N2O4/c1-15(2,3)21-14(20)17-6-4-5-12(17)10-7-11(13(18)19)9-16-8-10/h7-9,12H,4-6H2,1-3H3,(H,18,19)/t12-/m0/s1. The second kappa shape index (κ2) is 5.71. The quantitative estimate of drug-likeness (QED) is 0.906. The molecule has 1 aromatic rings. The SMILES string of the molecule is CC(C)(C)OC(=O)N1CCC[C@H]1c1cncc(C(=O)O)c1. The molecule has 0 aliphatic carbocycles. The van der Waals surface area contributed by atoms with Crippen LogP contribution in [0.1, 0.15) is 55.6 Å². The molecule has 0 bridgehead atoms. The molecule has 2 heterocycles. The molecule has 1 amide bonds. The van der Waals surface area contributed by atoms with Crippen LogP contribution in [0.4, 0.5) is 4.79 Å². The number of rotatable bonds is 2. The average molecular weight is 292 g/mol. The smallest absolute Gasteiger partial charge is 0.410 e. The molecular weight excluding hydrogens is 272 g/mol. The summed E-state index contributed by atoms with van der Waals surface area (Å²) in [5, 5.41) is 9.03. The first-order valence-electron chi connectivity index (χ1n) is 6.96. The lowest BCUT2D eigenvalue weighted by Crippen LogP contribution is -2.36. The van der Waals surface area contributed by atoms with Crippen LogP contribution in [0.2, 0.25) is 0 Å². The molecule has 1 saturated heterocycles. The van der Waals surface area contributed by atoms with Crippen LogP contribution in [0.25, 0.3) is 0 Å². The van der Waals surface area contributed by atoms with Gasteiger partial charge in [0, 0.05) is 18.9 Å². The molecule has 1 fully saturated rings. The summed E-state index contributed by atoms with van der Waals surface area (Å²) in [5.41, 5.74) is 0.313. The van der Waals surface area contributed by atoms with Crippen LogP contribution < -0.4 is 0 Å². The first kappa shape index (κ1) is 15.3. The maximum Gasteiger partial charge on any atom is 0.410 e. The summed E-state index contributed by atoms with van der Waals surface area (Å²) in [4.78, 5) is 28.9. The second-order valence-corrected chi connectivity index (χ2v) is 6.14. The van der Waals surface area contributed by atoms with Crippen molar-refractivity contribution in [3.63, 3.8) is 0 Å². The Labute approximate surface area is 123 Å². The van der Waals surface area contributed by atoms with Crippen molar-refractivity contribution in [1.82, 2.24) is 9.88 Å². The van der Waals surface area contributed by atoms with E-state index >= 15 is 0 Å². The number of aromatic nitrogens is 1. The Kier molecular flexibility index (Phi) is 4.16. The highest BCUT2D eigenvalue weighted by molar-refractivity contribution is 5.87. The predicted octanol–water partition coefficient (Wildman–Crippen LogP) is 2.85. The molecule has 1 atom stereocenters. The van der Waals surface area contributed by atoms with Gasteiger partial charge in [-0.25, -0.2) is 9.59 Å². The Morgan fingerprint density at radius 1 is 1.38 bits per heavy atom. The van der Waals surface area contributed by atoms with Crippen molar-refractivity contribution in [2.45, 2.75) is 45.3 Å². The maximum atomic E-state index is 12.2. The number of carbonyl (C=O) groups excluding carboxylic acids is 1. The van der Waals surface area contributed by atoms with Gasteiger partial charge in [-0.15, -0.1) is 0 Å².